The molecule has 0 aliphatic heterocycles. The Bertz CT molecular complexity index is 326. The number of aryl methyl sites for hydroxylation is 2. The molecule has 0 aliphatic carbocycles. The molecule has 0 amide bonds. The maximum Gasteiger partial charge on any atom is 0.123 e. The summed E-state index contributed by atoms with van der Waals surface area (Å²) in [4.78, 5) is 0. The Kier molecular flexibility index (Phi) is 4.92. The van der Waals surface area contributed by atoms with Crippen LogP contribution in [0.5, 0.6) is 5.75 Å². The van der Waals surface area contributed by atoms with Crippen molar-refractivity contribution in [2.45, 2.75) is 20.4 Å². The molecule has 0 bridgehead atoms. The lowest BCUT2D eigenvalue weighted by Crippen LogP contribution is -2.17. The Balaban J connectivity index is 2.84. The second kappa shape index (κ2) is 5.99. The smallest absolute Gasteiger partial charge is 0.123 e. The molecule has 1 aromatic carbocycles. The predicted molar refractivity (Wildman–Crippen MR) is 64.9 cm³/mol. The second-order valence-corrected chi connectivity index (χ2v) is 4.01. The minimum Gasteiger partial charge on any atom is -0.496 e. The van der Waals surface area contributed by atoms with Crippen LogP contribution in [-0.4, -0.2) is 19.5 Å². The van der Waals surface area contributed by atoms with Gasteiger partial charge in [-0.15, -0.1) is 11.6 Å². The molecule has 0 atom stereocenters. The van der Waals surface area contributed by atoms with Gasteiger partial charge in [0.15, 0.2) is 0 Å². The molecule has 2 nitrogen and oxygen atoms in total. The molecular weight excluding hydrogens is 210 g/mol. The molecule has 84 valence electrons. The van der Waals surface area contributed by atoms with Crippen molar-refractivity contribution in [1.82, 2.24) is 5.32 Å². The summed E-state index contributed by atoms with van der Waals surface area (Å²) in [5.74, 6) is 1.59. The normalized spacial score (nSPS) is 10.4. The van der Waals surface area contributed by atoms with E-state index in [4.69, 9.17) is 16.3 Å². The molecular formula is C12H18ClNO. The van der Waals surface area contributed by atoms with E-state index in [0.29, 0.717) is 5.88 Å². The quantitative estimate of drug-likeness (QED) is 0.617. The Morgan fingerprint density at radius 1 is 1.33 bits per heavy atom. The lowest BCUT2D eigenvalue weighted by atomic mass is 10.0. The third-order valence-electron chi connectivity index (χ3n) is 2.37. The van der Waals surface area contributed by atoms with Crippen molar-refractivity contribution in [3.63, 3.8) is 0 Å². The average Bonchev–Trinajstić information content (AvgIpc) is 2.20. The molecule has 0 aliphatic rings. The van der Waals surface area contributed by atoms with Crippen LogP contribution in [0.2, 0.25) is 0 Å². The molecule has 1 aromatic rings. The van der Waals surface area contributed by atoms with E-state index in [0.717, 1.165) is 18.8 Å². The van der Waals surface area contributed by atoms with E-state index >= 15 is 0 Å². The molecule has 0 aromatic heterocycles. The summed E-state index contributed by atoms with van der Waals surface area (Å²) in [5, 5.41) is 3.27. The van der Waals surface area contributed by atoms with Crippen molar-refractivity contribution < 1.29 is 4.74 Å². The summed E-state index contributed by atoms with van der Waals surface area (Å²) in [6, 6.07) is 4.23. The topological polar surface area (TPSA) is 21.3 Å². The van der Waals surface area contributed by atoms with Crippen LogP contribution in [-0.2, 0) is 6.54 Å². The fourth-order valence-electron chi connectivity index (χ4n) is 1.65. The van der Waals surface area contributed by atoms with Gasteiger partial charge in [-0.1, -0.05) is 6.07 Å². The molecule has 0 spiro atoms. The number of ether oxygens (including phenoxy) is 1. The summed E-state index contributed by atoms with van der Waals surface area (Å²) in [6.45, 7) is 5.80. The molecule has 15 heavy (non-hydrogen) atoms. The van der Waals surface area contributed by atoms with Gasteiger partial charge < -0.3 is 10.1 Å². The van der Waals surface area contributed by atoms with Crippen LogP contribution in [0.3, 0.4) is 0 Å². The van der Waals surface area contributed by atoms with E-state index < -0.39 is 0 Å². The highest BCUT2D eigenvalue weighted by atomic mass is 35.5. The fraction of sp³-hybridized carbons (Fsp3) is 0.500. The second-order valence-electron chi connectivity index (χ2n) is 3.63. The molecule has 0 radical (unpaired) electrons. The number of hydrogen-bond donors (Lipinski definition) is 1. The third-order valence-corrected chi connectivity index (χ3v) is 2.56. The van der Waals surface area contributed by atoms with Gasteiger partial charge in [0.1, 0.15) is 5.75 Å². The summed E-state index contributed by atoms with van der Waals surface area (Å²) >= 11 is 5.61. The maximum atomic E-state index is 5.61. The van der Waals surface area contributed by atoms with Gasteiger partial charge in [-0.25, -0.2) is 0 Å². The first kappa shape index (κ1) is 12.3. The lowest BCUT2D eigenvalue weighted by molar-refractivity contribution is 0.407. The predicted octanol–water partition coefficient (Wildman–Crippen LogP) is 2.64. The Morgan fingerprint density at radius 3 is 2.67 bits per heavy atom. The van der Waals surface area contributed by atoms with E-state index in [1.807, 2.05) is 0 Å². The molecule has 1 N–H and O–H groups in total. The van der Waals surface area contributed by atoms with Crippen LogP contribution < -0.4 is 10.1 Å². The highest BCUT2D eigenvalue weighted by molar-refractivity contribution is 6.18. The Hall–Kier alpha value is -0.730. The zero-order valence-corrected chi connectivity index (χ0v) is 10.3. The van der Waals surface area contributed by atoms with Crippen molar-refractivity contribution >= 4 is 11.6 Å². The summed E-state index contributed by atoms with van der Waals surface area (Å²) < 4.78 is 5.36. The molecule has 3 heteroatoms. The highest BCUT2D eigenvalue weighted by Gasteiger charge is 2.06. The Labute approximate surface area is 96.6 Å². The summed E-state index contributed by atoms with van der Waals surface area (Å²) in [5.41, 5.74) is 3.70. The first-order valence-corrected chi connectivity index (χ1v) is 5.63. The van der Waals surface area contributed by atoms with Gasteiger partial charge in [0.2, 0.25) is 0 Å². The highest BCUT2D eigenvalue weighted by Crippen LogP contribution is 2.23. The Morgan fingerprint density at radius 2 is 2.07 bits per heavy atom. The zero-order valence-electron chi connectivity index (χ0n) is 9.56. The number of nitrogens with one attached hydrogen (secondary N) is 1. The van der Waals surface area contributed by atoms with Crippen molar-refractivity contribution in [3.8, 4) is 5.75 Å². The van der Waals surface area contributed by atoms with Gasteiger partial charge in [-0.2, -0.15) is 0 Å². The van der Waals surface area contributed by atoms with Crippen LogP contribution >= 0.6 is 11.6 Å². The van der Waals surface area contributed by atoms with E-state index in [1.165, 1.54) is 16.7 Å². The number of methoxy groups -OCH3 is 1. The van der Waals surface area contributed by atoms with Gasteiger partial charge in [-0.05, 0) is 31.0 Å². The third kappa shape index (κ3) is 3.40. The molecule has 0 heterocycles. The van der Waals surface area contributed by atoms with Crippen molar-refractivity contribution in [3.05, 3.63) is 28.8 Å². The monoisotopic (exact) mass is 227 g/mol. The largest absolute Gasteiger partial charge is 0.496 e. The van der Waals surface area contributed by atoms with E-state index in [9.17, 15) is 0 Å². The number of rotatable bonds is 5. The van der Waals surface area contributed by atoms with Gasteiger partial charge in [0, 0.05) is 24.5 Å². The van der Waals surface area contributed by atoms with E-state index in [1.54, 1.807) is 7.11 Å². The van der Waals surface area contributed by atoms with Crippen LogP contribution in [0.15, 0.2) is 12.1 Å². The van der Waals surface area contributed by atoms with E-state index in [-0.39, 0.29) is 0 Å². The minimum absolute atomic E-state index is 0.632. The molecule has 1 rings (SSSR count). The molecule has 0 fully saturated rings. The van der Waals surface area contributed by atoms with Gasteiger partial charge in [0.05, 0.1) is 7.11 Å². The summed E-state index contributed by atoms with van der Waals surface area (Å²) in [7, 11) is 1.71. The van der Waals surface area contributed by atoms with Gasteiger partial charge >= 0.3 is 0 Å². The molecule has 0 saturated heterocycles. The number of benzene rings is 1. The van der Waals surface area contributed by atoms with Crippen LogP contribution in [0.1, 0.15) is 16.7 Å². The number of alkyl halides is 1. The van der Waals surface area contributed by atoms with E-state index in [2.05, 4.69) is 31.3 Å². The maximum absolute atomic E-state index is 5.61. The van der Waals surface area contributed by atoms with Crippen molar-refractivity contribution in [2.75, 3.05) is 19.5 Å². The minimum atomic E-state index is 0.632. The number of hydrogen-bond acceptors (Lipinski definition) is 2. The molecule has 0 saturated carbocycles. The first-order chi connectivity index (χ1) is 7.19. The van der Waals surface area contributed by atoms with Gasteiger partial charge in [-0.3, -0.25) is 0 Å². The van der Waals surface area contributed by atoms with Gasteiger partial charge in [0.25, 0.3) is 0 Å². The van der Waals surface area contributed by atoms with Crippen molar-refractivity contribution in [1.29, 1.82) is 0 Å². The number of halogens is 1. The van der Waals surface area contributed by atoms with Crippen molar-refractivity contribution in [2.24, 2.45) is 0 Å². The zero-order chi connectivity index (χ0) is 11.3. The summed E-state index contributed by atoms with van der Waals surface area (Å²) in [6.07, 6.45) is 0. The molecule has 0 unspecified atom stereocenters. The fourth-order valence-corrected chi connectivity index (χ4v) is 1.78. The van der Waals surface area contributed by atoms with Crippen LogP contribution in [0.25, 0.3) is 0 Å². The van der Waals surface area contributed by atoms with Crippen LogP contribution in [0, 0.1) is 13.8 Å². The van der Waals surface area contributed by atoms with Crippen LogP contribution in [0.4, 0.5) is 0 Å². The first-order valence-electron chi connectivity index (χ1n) is 5.09. The lowest BCUT2D eigenvalue weighted by Gasteiger charge is -2.13. The average molecular weight is 228 g/mol. The standard InChI is InChI=1S/C12H18ClNO/c1-9-6-10(2)11(8-14-5-4-13)12(7-9)15-3/h6-7,14H,4-5,8H2,1-3H3. The SMILES string of the molecule is COc1cc(C)cc(C)c1CNCCCl.